The zero-order chi connectivity index (χ0) is 28.4. The topological polar surface area (TPSA) is 118 Å². The Morgan fingerprint density at radius 1 is 0.950 bits per heavy atom. The Kier molecular flexibility index (Phi) is 10.9. The second-order valence-corrected chi connectivity index (χ2v) is 11.6. The van der Waals surface area contributed by atoms with Crippen LogP contribution in [0.15, 0.2) is 59.5 Å². The molecule has 2 aromatic rings. The number of carbonyl (C=O) groups is 2. The first-order valence-corrected chi connectivity index (χ1v) is 15.0. The number of ether oxygens (including phenoxy) is 3. The highest BCUT2D eigenvalue weighted by molar-refractivity contribution is 7.89. The van der Waals surface area contributed by atoms with Crippen molar-refractivity contribution in [1.82, 2.24) is 19.4 Å². The van der Waals surface area contributed by atoms with E-state index >= 15 is 0 Å². The Morgan fingerprint density at radius 3 is 2.23 bits per heavy atom. The van der Waals surface area contributed by atoms with Gasteiger partial charge in [0, 0.05) is 45.8 Å². The summed E-state index contributed by atoms with van der Waals surface area (Å²) in [7, 11) is -3.63. The van der Waals surface area contributed by atoms with Gasteiger partial charge in [0.1, 0.15) is 11.8 Å². The Balaban J connectivity index is 1.35. The average Bonchev–Trinajstić information content (AvgIpc) is 3.00. The molecular weight excluding hydrogens is 536 g/mol. The molecule has 40 heavy (non-hydrogen) atoms. The fourth-order valence-corrected chi connectivity index (χ4v) is 5.95. The molecule has 2 aliphatic rings. The Morgan fingerprint density at radius 2 is 1.57 bits per heavy atom. The molecule has 12 heteroatoms. The van der Waals surface area contributed by atoms with Gasteiger partial charge in [-0.25, -0.2) is 8.42 Å². The van der Waals surface area contributed by atoms with Crippen LogP contribution in [0.25, 0.3) is 0 Å². The van der Waals surface area contributed by atoms with Gasteiger partial charge in [0.15, 0.2) is 6.61 Å². The molecule has 2 aliphatic heterocycles. The van der Waals surface area contributed by atoms with Gasteiger partial charge in [-0.3, -0.25) is 14.5 Å². The molecular formula is C28H38N4O7S. The van der Waals surface area contributed by atoms with Gasteiger partial charge in [0.25, 0.3) is 5.91 Å². The molecule has 0 spiro atoms. The fourth-order valence-electron chi connectivity index (χ4n) is 4.54. The molecule has 0 bridgehead atoms. The molecule has 0 saturated carbocycles. The molecule has 0 unspecified atom stereocenters. The predicted molar refractivity (Wildman–Crippen MR) is 148 cm³/mol. The number of morpholine rings is 2. The Labute approximate surface area is 236 Å². The van der Waals surface area contributed by atoms with Crippen LogP contribution in [0.2, 0.25) is 0 Å². The van der Waals surface area contributed by atoms with Gasteiger partial charge < -0.3 is 24.4 Å². The third kappa shape index (κ3) is 8.24. The highest BCUT2D eigenvalue weighted by atomic mass is 32.2. The molecule has 1 N–H and O–H groups in total. The molecule has 0 radical (unpaired) electrons. The quantitative estimate of drug-likeness (QED) is 0.398. The molecule has 0 aliphatic carbocycles. The average molecular weight is 575 g/mol. The minimum absolute atomic E-state index is 0.154. The van der Waals surface area contributed by atoms with Crippen molar-refractivity contribution in [2.45, 2.75) is 24.4 Å². The summed E-state index contributed by atoms with van der Waals surface area (Å²) in [6.07, 6.45) is 0. The summed E-state index contributed by atoms with van der Waals surface area (Å²) in [5.41, 5.74) is 0.890. The van der Waals surface area contributed by atoms with Crippen molar-refractivity contribution >= 4 is 21.8 Å². The molecule has 2 heterocycles. The first-order valence-electron chi connectivity index (χ1n) is 13.6. The normalized spacial score (nSPS) is 17.6. The molecule has 1 atom stereocenters. The van der Waals surface area contributed by atoms with Gasteiger partial charge >= 0.3 is 0 Å². The van der Waals surface area contributed by atoms with Gasteiger partial charge in [-0.05, 0) is 36.8 Å². The molecule has 2 amide bonds. The van der Waals surface area contributed by atoms with E-state index in [2.05, 4.69) is 10.2 Å². The minimum atomic E-state index is -3.63. The minimum Gasteiger partial charge on any atom is -0.484 e. The lowest BCUT2D eigenvalue weighted by Gasteiger charge is -2.30. The van der Waals surface area contributed by atoms with Gasteiger partial charge in [0.05, 0.1) is 31.3 Å². The van der Waals surface area contributed by atoms with Crippen molar-refractivity contribution in [3.63, 3.8) is 0 Å². The summed E-state index contributed by atoms with van der Waals surface area (Å²) in [4.78, 5) is 30.2. The van der Waals surface area contributed by atoms with E-state index in [0.29, 0.717) is 51.8 Å². The maximum absolute atomic E-state index is 13.3. The standard InChI is InChI=1S/C28H38N4O7S/c1-23(28(34)29-11-12-30-13-17-37-18-14-30)32(21-24-5-3-2-4-6-24)27(33)22-39-25-7-9-26(10-8-25)40(35,36)31-15-19-38-20-16-31/h2-10,23H,11-22H2,1H3,(H,29,34)/t23-/m0/s1. The monoisotopic (exact) mass is 574 g/mol. The van der Waals surface area contributed by atoms with E-state index in [4.69, 9.17) is 14.2 Å². The number of nitrogens with zero attached hydrogens (tertiary/aromatic N) is 3. The lowest BCUT2D eigenvalue weighted by atomic mass is 10.1. The Hall–Kier alpha value is -3.03. The van der Waals surface area contributed by atoms with Gasteiger partial charge in [-0.1, -0.05) is 30.3 Å². The van der Waals surface area contributed by atoms with Crippen molar-refractivity contribution in [2.75, 3.05) is 72.3 Å². The van der Waals surface area contributed by atoms with Gasteiger partial charge in [0.2, 0.25) is 15.9 Å². The van der Waals surface area contributed by atoms with Crippen LogP contribution in [0.3, 0.4) is 0 Å². The lowest BCUT2D eigenvalue weighted by Crippen LogP contribution is -2.50. The van der Waals surface area contributed by atoms with E-state index in [1.807, 2.05) is 30.3 Å². The molecule has 4 rings (SSSR count). The van der Waals surface area contributed by atoms with Crippen molar-refractivity contribution < 1.29 is 32.2 Å². The summed E-state index contributed by atoms with van der Waals surface area (Å²) >= 11 is 0. The smallest absolute Gasteiger partial charge is 0.261 e. The van der Waals surface area contributed by atoms with Crippen LogP contribution < -0.4 is 10.1 Å². The van der Waals surface area contributed by atoms with E-state index in [0.717, 1.165) is 25.2 Å². The van der Waals surface area contributed by atoms with E-state index < -0.39 is 16.1 Å². The molecule has 2 saturated heterocycles. The highest BCUT2D eigenvalue weighted by Gasteiger charge is 2.28. The van der Waals surface area contributed by atoms with Crippen molar-refractivity contribution in [3.8, 4) is 5.75 Å². The van der Waals surface area contributed by atoms with Crippen LogP contribution in [-0.4, -0.2) is 113 Å². The summed E-state index contributed by atoms with van der Waals surface area (Å²) in [5, 5.41) is 2.95. The van der Waals surface area contributed by atoms with Crippen LogP contribution in [-0.2, 0) is 35.6 Å². The Bertz CT molecular complexity index is 1200. The molecule has 2 fully saturated rings. The molecule has 218 valence electrons. The summed E-state index contributed by atoms with van der Waals surface area (Å²) in [6.45, 7) is 7.26. The van der Waals surface area contributed by atoms with Crippen molar-refractivity contribution in [2.24, 2.45) is 0 Å². The second kappa shape index (κ2) is 14.6. The van der Waals surface area contributed by atoms with E-state index in [1.165, 1.54) is 33.5 Å². The third-order valence-electron chi connectivity index (χ3n) is 6.99. The van der Waals surface area contributed by atoms with E-state index in [9.17, 15) is 18.0 Å². The second-order valence-electron chi connectivity index (χ2n) is 9.70. The van der Waals surface area contributed by atoms with Crippen LogP contribution in [0.1, 0.15) is 12.5 Å². The molecule has 11 nitrogen and oxygen atoms in total. The van der Waals surface area contributed by atoms with E-state index in [1.54, 1.807) is 6.92 Å². The molecule has 0 aromatic heterocycles. The zero-order valence-electron chi connectivity index (χ0n) is 22.9. The maximum Gasteiger partial charge on any atom is 0.261 e. The van der Waals surface area contributed by atoms with Crippen molar-refractivity contribution in [1.29, 1.82) is 0 Å². The SMILES string of the molecule is C[C@@H](C(=O)NCCN1CCOCC1)N(Cc1ccccc1)C(=O)COc1ccc(S(=O)(=O)N2CCOCC2)cc1. The number of amides is 2. The van der Waals surface area contributed by atoms with Gasteiger partial charge in [-0.15, -0.1) is 0 Å². The highest BCUT2D eigenvalue weighted by Crippen LogP contribution is 2.21. The third-order valence-corrected chi connectivity index (χ3v) is 8.90. The fraction of sp³-hybridized carbons (Fsp3) is 0.500. The summed E-state index contributed by atoms with van der Waals surface area (Å²) in [5.74, 6) is -0.239. The first kappa shape index (κ1) is 29.9. The predicted octanol–water partition coefficient (Wildman–Crippen LogP) is 0.952. The maximum atomic E-state index is 13.3. The number of benzene rings is 2. The first-order chi connectivity index (χ1) is 19.3. The number of hydrogen-bond donors (Lipinski definition) is 1. The number of hydrogen-bond acceptors (Lipinski definition) is 8. The van der Waals surface area contributed by atoms with Crippen LogP contribution in [0, 0.1) is 0 Å². The number of carbonyl (C=O) groups excluding carboxylic acids is 2. The zero-order valence-corrected chi connectivity index (χ0v) is 23.7. The summed E-state index contributed by atoms with van der Waals surface area (Å²) < 4.78 is 43.4. The van der Waals surface area contributed by atoms with Crippen LogP contribution in [0.4, 0.5) is 0 Å². The van der Waals surface area contributed by atoms with Crippen LogP contribution >= 0.6 is 0 Å². The summed E-state index contributed by atoms with van der Waals surface area (Å²) in [6, 6.07) is 14.7. The van der Waals surface area contributed by atoms with Crippen molar-refractivity contribution in [3.05, 3.63) is 60.2 Å². The van der Waals surface area contributed by atoms with Gasteiger partial charge in [-0.2, -0.15) is 4.31 Å². The number of sulfonamides is 1. The number of nitrogens with one attached hydrogen (secondary N) is 1. The van der Waals surface area contributed by atoms with Crippen LogP contribution in [0.5, 0.6) is 5.75 Å². The lowest BCUT2D eigenvalue weighted by molar-refractivity contribution is -0.142. The van der Waals surface area contributed by atoms with E-state index in [-0.39, 0.29) is 29.9 Å². The molecule has 2 aromatic carbocycles. The largest absolute Gasteiger partial charge is 0.484 e. The number of rotatable bonds is 12.